The normalized spacial score (nSPS) is 13.9. The standard InChI is InChI=1S/C25H30N8O2.2C2HF3O2/c1-30-13-15-31(16-14-30)11-4-8-27-25(34)23-22-18-26-10-12-32(22)24(29-23)21-7-9-28-33(21)19-5-3-6-20(17-19)35-2;2*3-2(4,5)1(6)7/h3,5-7,9-10,12,17-18H,4,8,11,13-16H2,1-2H3,(H,27,34);2*(H,6,7). The number of aliphatic carboxylic acids is 2. The summed E-state index contributed by atoms with van der Waals surface area (Å²) < 4.78 is 72.5. The molecule has 0 bridgehead atoms. The predicted octanol–water partition coefficient (Wildman–Crippen LogP) is 3.22. The lowest BCUT2D eigenvalue weighted by atomic mass is 10.3. The van der Waals surface area contributed by atoms with Gasteiger partial charge in [0.05, 0.1) is 30.7 Å². The minimum atomic E-state index is -5.08. The molecule has 49 heavy (non-hydrogen) atoms. The molecule has 4 aromatic rings. The summed E-state index contributed by atoms with van der Waals surface area (Å²) in [5, 5.41) is 21.8. The number of fused-ring (bicyclic) bond motifs is 1. The average Bonchev–Trinajstić information content (AvgIpc) is 3.69. The molecule has 1 fully saturated rings. The molecule has 3 N–H and O–H groups in total. The van der Waals surface area contributed by atoms with Crippen molar-refractivity contribution >= 4 is 23.4 Å². The summed E-state index contributed by atoms with van der Waals surface area (Å²) in [7, 11) is 3.79. The smallest absolute Gasteiger partial charge is 0.490 e. The van der Waals surface area contributed by atoms with Gasteiger partial charge in [-0.25, -0.2) is 19.3 Å². The molecule has 1 aliphatic rings. The Labute approximate surface area is 274 Å². The molecule has 20 heteroatoms. The van der Waals surface area contributed by atoms with E-state index in [1.807, 2.05) is 40.9 Å². The highest BCUT2D eigenvalue weighted by molar-refractivity contribution is 5.99. The number of methoxy groups -OCH3 is 1. The molecule has 0 radical (unpaired) electrons. The number of amides is 1. The van der Waals surface area contributed by atoms with Crippen LogP contribution in [0.25, 0.3) is 22.7 Å². The molecule has 1 amide bonds. The Morgan fingerprint density at radius 3 is 2.18 bits per heavy atom. The molecule has 0 spiro atoms. The summed E-state index contributed by atoms with van der Waals surface area (Å²) in [5.74, 6) is -4.37. The lowest BCUT2D eigenvalue weighted by Crippen LogP contribution is -2.45. The summed E-state index contributed by atoms with van der Waals surface area (Å²) in [5.41, 5.74) is 2.60. The van der Waals surface area contributed by atoms with Gasteiger partial charge in [0.15, 0.2) is 11.5 Å². The van der Waals surface area contributed by atoms with Crippen LogP contribution in [0.5, 0.6) is 5.75 Å². The van der Waals surface area contributed by atoms with E-state index in [0.29, 0.717) is 23.6 Å². The number of hydrogen-bond acceptors (Lipinski definition) is 9. The van der Waals surface area contributed by atoms with Crippen molar-refractivity contribution in [2.75, 3.05) is 53.4 Å². The van der Waals surface area contributed by atoms with Gasteiger partial charge in [-0.05, 0) is 38.2 Å². The van der Waals surface area contributed by atoms with Crippen LogP contribution in [0.3, 0.4) is 0 Å². The molecule has 4 heterocycles. The summed E-state index contributed by atoms with van der Waals surface area (Å²) in [6, 6.07) is 9.53. The van der Waals surface area contributed by atoms with Crippen molar-refractivity contribution in [3.05, 3.63) is 60.8 Å². The van der Waals surface area contributed by atoms with Crippen LogP contribution in [0.4, 0.5) is 26.3 Å². The van der Waals surface area contributed by atoms with Gasteiger partial charge in [0.2, 0.25) is 0 Å². The van der Waals surface area contributed by atoms with Crippen molar-refractivity contribution in [3.8, 4) is 23.0 Å². The fraction of sp³-hybridized carbons (Fsp3) is 0.379. The van der Waals surface area contributed by atoms with Gasteiger partial charge in [-0.1, -0.05) is 6.07 Å². The monoisotopic (exact) mass is 702 g/mol. The number of halogens is 6. The molecule has 0 saturated carbocycles. The van der Waals surface area contributed by atoms with Crippen molar-refractivity contribution in [2.24, 2.45) is 0 Å². The van der Waals surface area contributed by atoms with E-state index >= 15 is 0 Å². The van der Waals surface area contributed by atoms with E-state index in [1.54, 1.807) is 30.4 Å². The van der Waals surface area contributed by atoms with E-state index in [2.05, 4.69) is 32.2 Å². The number of rotatable bonds is 8. The highest BCUT2D eigenvalue weighted by Crippen LogP contribution is 2.26. The van der Waals surface area contributed by atoms with E-state index in [9.17, 15) is 31.1 Å². The zero-order chi connectivity index (χ0) is 36.4. The Kier molecular flexibility index (Phi) is 13.0. The van der Waals surface area contributed by atoms with E-state index in [-0.39, 0.29) is 5.91 Å². The van der Waals surface area contributed by atoms with Crippen molar-refractivity contribution < 1.29 is 55.7 Å². The van der Waals surface area contributed by atoms with E-state index in [0.717, 1.165) is 56.3 Å². The number of ether oxygens (including phenoxy) is 1. The van der Waals surface area contributed by atoms with Crippen LogP contribution >= 0.6 is 0 Å². The molecule has 3 aromatic heterocycles. The number of nitrogens with zero attached hydrogens (tertiary/aromatic N) is 7. The summed E-state index contributed by atoms with van der Waals surface area (Å²) in [4.78, 5) is 44.6. The summed E-state index contributed by atoms with van der Waals surface area (Å²) in [6.07, 6.45) is -2.39. The fourth-order valence-electron chi connectivity index (χ4n) is 4.37. The van der Waals surface area contributed by atoms with Gasteiger partial charge in [-0.15, -0.1) is 0 Å². The quantitative estimate of drug-likeness (QED) is 0.182. The molecule has 5 rings (SSSR count). The molecule has 1 aromatic carbocycles. The lowest BCUT2D eigenvalue weighted by Gasteiger charge is -2.32. The third kappa shape index (κ3) is 10.9. The van der Waals surface area contributed by atoms with Crippen molar-refractivity contribution in [1.29, 1.82) is 0 Å². The third-order valence-electron chi connectivity index (χ3n) is 6.85. The van der Waals surface area contributed by atoms with Gasteiger partial charge >= 0.3 is 24.3 Å². The van der Waals surface area contributed by atoms with Crippen molar-refractivity contribution in [3.63, 3.8) is 0 Å². The second-order valence-corrected chi connectivity index (χ2v) is 10.3. The van der Waals surface area contributed by atoms with Crippen LogP contribution in [0, 0.1) is 0 Å². The van der Waals surface area contributed by atoms with Gasteiger partial charge in [0.1, 0.15) is 11.4 Å². The fourth-order valence-corrected chi connectivity index (χ4v) is 4.37. The van der Waals surface area contributed by atoms with Gasteiger partial charge in [0.25, 0.3) is 5.91 Å². The van der Waals surface area contributed by atoms with Gasteiger partial charge in [0, 0.05) is 51.2 Å². The number of alkyl halides is 6. The number of piperazine rings is 1. The molecule has 1 saturated heterocycles. The zero-order valence-corrected chi connectivity index (χ0v) is 26.1. The molecular formula is C29H32F6N8O6. The molecule has 0 aliphatic carbocycles. The first-order chi connectivity index (χ1) is 23.0. The van der Waals surface area contributed by atoms with Crippen LogP contribution in [0.1, 0.15) is 16.9 Å². The number of carbonyl (C=O) groups is 3. The van der Waals surface area contributed by atoms with Gasteiger partial charge < -0.3 is 30.1 Å². The molecular weight excluding hydrogens is 670 g/mol. The average molecular weight is 703 g/mol. The molecule has 0 atom stereocenters. The first kappa shape index (κ1) is 38.2. The van der Waals surface area contributed by atoms with Crippen LogP contribution < -0.4 is 10.1 Å². The Balaban J connectivity index is 0.000000392. The third-order valence-corrected chi connectivity index (χ3v) is 6.85. The number of hydrogen-bond donors (Lipinski definition) is 3. The van der Waals surface area contributed by atoms with Crippen LogP contribution in [0.2, 0.25) is 0 Å². The molecule has 266 valence electrons. The molecule has 1 aliphatic heterocycles. The second-order valence-electron chi connectivity index (χ2n) is 10.3. The van der Waals surface area contributed by atoms with Crippen molar-refractivity contribution in [2.45, 2.75) is 18.8 Å². The van der Waals surface area contributed by atoms with Crippen molar-refractivity contribution in [1.82, 2.24) is 39.3 Å². The number of carboxylic acid groups (broad SMARTS) is 2. The first-order valence-corrected chi connectivity index (χ1v) is 14.3. The van der Waals surface area contributed by atoms with E-state index < -0.39 is 24.3 Å². The number of carboxylic acids is 2. The van der Waals surface area contributed by atoms with Crippen LogP contribution in [-0.2, 0) is 9.59 Å². The Hall–Kier alpha value is -5.24. The summed E-state index contributed by atoms with van der Waals surface area (Å²) >= 11 is 0. The topological polar surface area (TPSA) is 167 Å². The Morgan fingerprint density at radius 1 is 0.959 bits per heavy atom. The minimum absolute atomic E-state index is 0.201. The zero-order valence-electron chi connectivity index (χ0n) is 26.1. The highest BCUT2D eigenvalue weighted by Gasteiger charge is 2.39. The van der Waals surface area contributed by atoms with Crippen LogP contribution in [-0.4, -0.2) is 128 Å². The number of aromatic nitrogens is 5. The number of nitrogens with one attached hydrogen (secondary N) is 1. The van der Waals surface area contributed by atoms with Gasteiger partial charge in [-0.3, -0.25) is 14.2 Å². The number of carbonyl (C=O) groups excluding carboxylic acids is 1. The van der Waals surface area contributed by atoms with Crippen LogP contribution in [0.15, 0.2) is 55.1 Å². The lowest BCUT2D eigenvalue weighted by molar-refractivity contribution is -0.193. The SMILES string of the molecule is COc1cccc(-n2nccc2-c2nc(C(=O)NCCCN3CCN(C)CC3)c3cnccn23)c1.O=C(O)C(F)(F)F.O=C(O)C(F)(F)F. The second kappa shape index (κ2) is 16.7. The minimum Gasteiger partial charge on any atom is -0.497 e. The number of benzene rings is 1. The maximum atomic E-state index is 13.1. The van der Waals surface area contributed by atoms with E-state index in [1.165, 1.54) is 0 Å². The number of likely N-dealkylation sites (N-methyl/N-ethyl adjacent to an activating group) is 1. The molecule has 14 nitrogen and oxygen atoms in total. The van der Waals surface area contributed by atoms with E-state index in [4.69, 9.17) is 29.5 Å². The maximum Gasteiger partial charge on any atom is 0.490 e. The maximum absolute atomic E-state index is 13.1. The first-order valence-electron chi connectivity index (χ1n) is 14.3. The predicted molar refractivity (Wildman–Crippen MR) is 160 cm³/mol. The highest BCUT2D eigenvalue weighted by atomic mass is 19.4. The Morgan fingerprint density at radius 2 is 1.59 bits per heavy atom. The largest absolute Gasteiger partial charge is 0.497 e. The Bertz CT molecular complexity index is 1690. The van der Waals surface area contributed by atoms with Gasteiger partial charge in [-0.2, -0.15) is 31.4 Å². The molecule has 0 unspecified atom stereocenters. The summed E-state index contributed by atoms with van der Waals surface area (Å²) in [6.45, 7) is 5.91. The number of imidazole rings is 1.